The van der Waals surface area contributed by atoms with E-state index in [-0.39, 0.29) is 16.8 Å². The molecule has 0 radical (unpaired) electrons. The Morgan fingerprint density at radius 3 is 2.25 bits per heavy atom. The van der Waals surface area contributed by atoms with E-state index in [1.807, 2.05) is 0 Å². The molecule has 0 saturated carbocycles. The lowest BCUT2D eigenvalue weighted by atomic mass is 10.4. The van der Waals surface area contributed by atoms with E-state index in [9.17, 15) is 0 Å². The standard InChI is InChI=1S/C5H3Cl4N3/c6-4-11-2(5(7,8)9)1-3(10)12-4/h1H,(H2,10,11,12). The Morgan fingerprint density at radius 1 is 1.25 bits per heavy atom. The summed E-state index contributed by atoms with van der Waals surface area (Å²) < 4.78 is -1.62. The molecule has 7 heteroatoms. The number of halogens is 4. The van der Waals surface area contributed by atoms with Crippen molar-refractivity contribution in [2.75, 3.05) is 5.73 Å². The Morgan fingerprint density at radius 2 is 1.83 bits per heavy atom. The van der Waals surface area contributed by atoms with Gasteiger partial charge in [0, 0.05) is 6.07 Å². The average Bonchev–Trinajstić information content (AvgIpc) is 1.82. The molecule has 3 nitrogen and oxygen atoms in total. The van der Waals surface area contributed by atoms with Gasteiger partial charge in [0.05, 0.1) is 5.69 Å². The lowest BCUT2D eigenvalue weighted by molar-refractivity contribution is 1.04. The Balaban J connectivity index is 3.18. The number of nitrogen functional groups attached to an aromatic ring is 1. The van der Waals surface area contributed by atoms with Crippen molar-refractivity contribution < 1.29 is 0 Å². The van der Waals surface area contributed by atoms with Crippen LogP contribution in [0.1, 0.15) is 5.69 Å². The molecular formula is C5H3Cl4N3. The summed E-state index contributed by atoms with van der Waals surface area (Å²) in [7, 11) is 0. The summed E-state index contributed by atoms with van der Waals surface area (Å²) in [4.78, 5) is 7.29. The minimum Gasteiger partial charge on any atom is -0.384 e. The average molecular weight is 247 g/mol. The van der Waals surface area contributed by atoms with Gasteiger partial charge in [-0.25, -0.2) is 9.97 Å². The van der Waals surface area contributed by atoms with E-state index < -0.39 is 3.79 Å². The largest absolute Gasteiger partial charge is 0.384 e. The van der Waals surface area contributed by atoms with E-state index in [0.717, 1.165) is 0 Å². The normalized spacial score (nSPS) is 11.7. The minimum absolute atomic E-state index is 0.0451. The Bertz CT molecular complexity index is 275. The fourth-order valence-electron chi connectivity index (χ4n) is 0.581. The number of anilines is 1. The molecule has 0 atom stereocenters. The third-order valence-electron chi connectivity index (χ3n) is 1.01. The van der Waals surface area contributed by atoms with Gasteiger partial charge in [0.2, 0.25) is 9.08 Å². The van der Waals surface area contributed by atoms with E-state index >= 15 is 0 Å². The summed E-state index contributed by atoms with van der Waals surface area (Å²) in [5.41, 5.74) is 5.50. The predicted octanol–water partition coefficient (Wildman–Crippen LogP) is 2.54. The third-order valence-corrected chi connectivity index (χ3v) is 1.76. The van der Waals surface area contributed by atoms with Crippen LogP contribution < -0.4 is 5.73 Å². The van der Waals surface area contributed by atoms with Crippen molar-refractivity contribution in [3.63, 3.8) is 0 Å². The first-order chi connectivity index (χ1) is 5.39. The molecule has 1 aromatic heterocycles. The van der Waals surface area contributed by atoms with Crippen molar-refractivity contribution in [3.05, 3.63) is 17.0 Å². The first-order valence-corrected chi connectivity index (χ1v) is 4.28. The van der Waals surface area contributed by atoms with Crippen molar-refractivity contribution in [1.82, 2.24) is 9.97 Å². The van der Waals surface area contributed by atoms with E-state index in [4.69, 9.17) is 52.1 Å². The first-order valence-electron chi connectivity index (χ1n) is 2.77. The van der Waals surface area contributed by atoms with Crippen LogP contribution in [0.15, 0.2) is 6.07 Å². The molecule has 0 aromatic carbocycles. The fraction of sp³-hybridized carbons (Fsp3) is 0.200. The van der Waals surface area contributed by atoms with Crippen LogP contribution in [-0.2, 0) is 3.79 Å². The molecule has 12 heavy (non-hydrogen) atoms. The summed E-state index contributed by atoms with van der Waals surface area (Å²) in [6, 6.07) is 1.35. The number of nitrogens with zero attached hydrogens (tertiary/aromatic N) is 2. The number of hydrogen-bond acceptors (Lipinski definition) is 3. The van der Waals surface area contributed by atoms with Gasteiger partial charge < -0.3 is 5.73 Å². The zero-order valence-electron chi connectivity index (χ0n) is 5.56. The summed E-state index contributed by atoms with van der Waals surface area (Å²) >= 11 is 22.1. The second-order valence-electron chi connectivity index (χ2n) is 1.94. The maximum absolute atomic E-state index is 5.53. The number of hydrogen-bond donors (Lipinski definition) is 1. The van der Waals surface area contributed by atoms with Gasteiger partial charge in [0.15, 0.2) is 0 Å². The van der Waals surface area contributed by atoms with Crippen LogP contribution in [0.3, 0.4) is 0 Å². The molecule has 1 aromatic rings. The van der Waals surface area contributed by atoms with Crippen LogP contribution in [0, 0.1) is 0 Å². The maximum Gasteiger partial charge on any atom is 0.232 e. The highest BCUT2D eigenvalue weighted by atomic mass is 35.6. The van der Waals surface area contributed by atoms with Crippen LogP contribution in [0.2, 0.25) is 5.28 Å². The molecule has 0 saturated heterocycles. The highest BCUT2D eigenvalue weighted by Gasteiger charge is 2.25. The van der Waals surface area contributed by atoms with Crippen molar-refractivity contribution in [3.8, 4) is 0 Å². The molecule has 1 heterocycles. The first kappa shape index (κ1) is 10.1. The molecular weight excluding hydrogens is 244 g/mol. The van der Waals surface area contributed by atoms with E-state index in [2.05, 4.69) is 9.97 Å². The zero-order chi connectivity index (χ0) is 9.35. The van der Waals surface area contributed by atoms with Crippen LogP contribution in [-0.4, -0.2) is 9.97 Å². The van der Waals surface area contributed by atoms with Gasteiger partial charge in [-0.2, -0.15) is 0 Å². The van der Waals surface area contributed by atoms with Gasteiger partial charge in [-0.3, -0.25) is 0 Å². The van der Waals surface area contributed by atoms with Gasteiger partial charge in [-0.05, 0) is 11.6 Å². The van der Waals surface area contributed by atoms with Crippen LogP contribution in [0.25, 0.3) is 0 Å². The van der Waals surface area contributed by atoms with E-state index in [0.29, 0.717) is 0 Å². The molecule has 2 N–H and O–H groups in total. The van der Waals surface area contributed by atoms with Gasteiger partial charge in [-0.1, -0.05) is 34.8 Å². The van der Waals surface area contributed by atoms with Gasteiger partial charge in [-0.15, -0.1) is 0 Å². The van der Waals surface area contributed by atoms with Crippen LogP contribution in [0.5, 0.6) is 0 Å². The summed E-state index contributed by atoms with van der Waals surface area (Å²) in [6.45, 7) is 0. The zero-order valence-corrected chi connectivity index (χ0v) is 8.58. The monoisotopic (exact) mass is 245 g/mol. The lowest BCUT2D eigenvalue weighted by Crippen LogP contribution is -2.06. The summed E-state index contributed by atoms with van der Waals surface area (Å²) in [5.74, 6) is 0.163. The third kappa shape index (κ3) is 2.52. The smallest absolute Gasteiger partial charge is 0.232 e. The number of alkyl halides is 3. The molecule has 1 rings (SSSR count). The molecule has 0 fully saturated rings. The highest BCUT2D eigenvalue weighted by molar-refractivity contribution is 6.66. The van der Waals surface area contributed by atoms with Crippen LogP contribution >= 0.6 is 46.4 Å². The van der Waals surface area contributed by atoms with E-state index in [1.54, 1.807) is 0 Å². The molecule has 0 unspecified atom stereocenters. The van der Waals surface area contributed by atoms with Gasteiger partial charge in [0.25, 0.3) is 0 Å². The van der Waals surface area contributed by atoms with Crippen molar-refractivity contribution in [2.45, 2.75) is 3.79 Å². The Labute approximate surface area is 88.8 Å². The lowest BCUT2D eigenvalue weighted by Gasteiger charge is -2.09. The molecule has 0 aliphatic heterocycles. The molecule has 0 aliphatic rings. The minimum atomic E-state index is -1.62. The summed E-state index contributed by atoms with van der Waals surface area (Å²) in [5, 5.41) is -0.0451. The van der Waals surface area contributed by atoms with Crippen LogP contribution in [0.4, 0.5) is 5.82 Å². The maximum atomic E-state index is 5.53. The number of rotatable bonds is 0. The molecule has 0 amide bonds. The highest BCUT2D eigenvalue weighted by Crippen LogP contribution is 2.37. The molecule has 0 bridgehead atoms. The second-order valence-corrected chi connectivity index (χ2v) is 4.56. The Kier molecular flexibility index (Phi) is 2.88. The predicted molar refractivity (Wildman–Crippen MR) is 50.7 cm³/mol. The van der Waals surface area contributed by atoms with Crippen molar-refractivity contribution >= 4 is 52.2 Å². The SMILES string of the molecule is Nc1cc(C(Cl)(Cl)Cl)nc(Cl)n1. The van der Waals surface area contributed by atoms with E-state index in [1.165, 1.54) is 6.07 Å². The fourth-order valence-corrected chi connectivity index (χ4v) is 1.06. The van der Waals surface area contributed by atoms with Gasteiger partial charge in [0.1, 0.15) is 5.82 Å². The quantitative estimate of drug-likeness (QED) is 0.566. The molecule has 66 valence electrons. The summed E-state index contributed by atoms with van der Waals surface area (Å²) in [6.07, 6.45) is 0. The Hall–Kier alpha value is 0.0400. The van der Waals surface area contributed by atoms with Gasteiger partial charge >= 0.3 is 0 Å². The molecule has 0 aliphatic carbocycles. The topological polar surface area (TPSA) is 51.8 Å². The van der Waals surface area contributed by atoms with Crippen molar-refractivity contribution in [2.24, 2.45) is 0 Å². The number of nitrogens with two attached hydrogens (primary N) is 1. The molecule has 0 spiro atoms. The van der Waals surface area contributed by atoms with Crippen molar-refractivity contribution in [1.29, 1.82) is 0 Å². The number of aromatic nitrogens is 2. The second kappa shape index (κ2) is 3.42.